The number of piperidine rings is 2. The summed E-state index contributed by atoms with van der Waals surface area (Å²) in [5.41, 5.74) is 0. The van der Waals surface area contributed by atoms with Crippen molar-refractivity contribution in [2.24, 2.45) is 23.7 Å². The second-order valence-corrected chi connectivity index (χ2v) is 9.57. The van der Waals surface area contributed by atoms with Crippen LogP contribution < -0.4 is 4.90 Å². The van der Waals surface area contributed by atoms with Gasteiger partial charge in [-0.15, -0.1) is 0 Å². The lowest BCUT2D eigenvalue weighted by molar-refractivity contribution is -0.948. The molecule has 0 aromatic carbocycles. The van der Waals surface area contributed by atoms with E-state index in [9.17, 15) is 5.11 Å². The van der Waals surface area contributed by atoms with Crippen molar-refractivity contribution >= 4 is 0 Å². The van der Waals surface area contributed by atoms with E-state index in [0.717, 1.165) is 31.7 Å². The molecule has 0 bridgehead atoms. The maximum Gasteiger partial charge on any atom is 0.147 e. The second kappa shape index (κ2) is 6.62. The molecule has 7 nitrogen and oxygen atoms in total. The van der Waals surface area contributed by atoms with Crippen LogP contribution in [0, 0.1) is 23.7 Å². The molecule has 6 rings (SSSR count). The molecule has 0 amide bonds. The first kappa shape index (κ1) is 17.6. The molecule has 152 valence electrons. The number of hydrogen-bond acceptors (Lipinski definition) is 6. The molecule has 2 saturated carbocycles. The molecular formula is C20H32NO6+. The van der Waals surface area contributed by atoms with Crippen LogP contribution in [0.3, 0.4) is 0 Å². The van der Waals surface area contributed by atoms with Gasteiger partial charge in [0, 0.05) is 31.3 Å². The zero-order chi connectivity index (χ0) is 18.1. The molecule has 0 radical (unpaired) electrons. The van der Waals surface area contributed by atoms with Gasteiger partial charge in [-0.05, 0) is 25.2 Å². The van der Waals surface area contributed by atoms with Gasteiger partial charge < -0.3 is 33.7 Å². The zero-order valence-corrected chi connectivity index (χ0v) is 16.0. The lowest BCUT2D eigenvalue weighted by atomic mass is 9.61. The normalized spacial score (nSPS) is 59.3. The predicted octanol–water partition coefficient (Wildman–Crippen LogP) is -0.822. The van der Waals surface area contributed by atoms with Crippen molar-refractivity contribution in [3.05, 3.63) is 0 Å². The van der Waals surface area contributed by atoms with Gasteiger partial charge in [-0.1, -0.05) is 0 Å². The van der Waals surface area contributed by atoms with Crippen molar-refractivity contribution in [3.8, 4) is 0 Å². The summed E-state index contributed by atoms with van der Waals surface area (Å²) in [6, 6.07) is 0.638. The largest absolute Gasteiger partial charge is 0.388 e. The molecule has 12 atom stereocenters. The molecule has 6 fully saturated rings. The summed E-state index contributed by atoms with van der Waals surface area (Å²) < 4.78 is 29.2. The molecule has 6 aliphatic rings. The van der Waals surface area contributed by atoms with E-state index < -0.39 is 6.10 Å². The third-order valence-electron chi connectivity index (χ3n) is 8.71. The highest BCUT2D eigenvalue weighted by molar-refractivity contribution is 5.05. The van der Waals surface area contributed by atoms with E-state index in [2.05, 4.69) is 0 Å². The van der Waals surface area contributed by atoms with Gasteiger partial charge in [-0.3, -0.25) is 0 Å². The Bertz CT molecular complexity index is 577. The third-order valence-corrected chi connectivity index (χ3v) is 8.71. The summed E-state index contributed by atoms with van der Waals surface area (Å²) in [5, 5.41) is 10.9. The Balaban J connectivity index is 1.27. The number of methoxy groups -OCH3 is 1. The quantitative estimate of drug-likeness (QED) is 0.618. The smallest absolute Gasteiger partial charge is 0.147 e. The fourth-order valence-corrected chi connectivity index (χ4v) is 7.54. The van der Waals surface area contributed by atoms with Crippen molar-refractivity contribution in [1.82, 2.24) is 0 Å². The Morgan fingerprint density at radius 3 is 2.52 bits per heavy atom. The molecule has 2 aliphatic carbocycles. The number of nitrogens with one attached hydrogen (secondary N) is 1. The first-order chi connectivity index (χ1) is 13.2. The standard InChI is InChI=1S/C20H31NO6/c1-23-18-12-5-14-11-6-16-15(24-8-25-16)4-10(11)2-3-21(14)7-13(12)19-20(17(18)22)27-9-26-19/h10-20,22H,2-9H2,1H3/p+1. The first-order valence-corrected chi connectivity index (χ1v) is 10.8. The molecule has 12 unspecified atom stereocenters. The summed E-state index contributed by atoms with van der Waals surface area (Å²) in [4.78, 5) is 1.73. The van der Waals surface area contributed by atoms with Crippen LogP contribution in [0.25, 0.3) is 0 Å². The van der Waals surface area contributed by atoms with Gasteiger partial charge in [-0.25, -0.2) is 0 Å². The Morgan fingerprint density at radius 1 is 0.889 bits per heavy atom. The monoisotopic (exact) mass is 382 g/mol. The van der Waals surface area contributed by atoms with Gasteiger partial charge in [0.25, 0.3) is 0 Å². The van der Waals surface area contributed by atoms with E-state index in [1.807, 2.05) is 0 Å². The number of fused-ring (bicyclic) bond motifs is 7. The van der Waals surface area contributed by atoms with Crippen molar-refractivity contribution < 1.29 is 33.7 Å². The number of rotatable bonds is 1. The summed E-state index contributed by atoms with van der Waals surface area (Å²) in [5.74, 6) is 2.22. The lowest BCUT2D eigenvalue weighted by Crippen LogP contribution is -3.20. The average molecular weight is 382 g/mol. The molecule has 4 aliphatic heterocycles. The van der Waals surface area contributed by atoms with Crippen LogP contribution in [-0.2, 0) is 23.7 Å². The fourth-order valence-electron chi connectivity index (χ4n) is 7.54. The SMILES string of the molecule is COC1C(O)C2OCOC2C2C[NH+]3CCC4CC5OCOC5CC4C3CC21. The average Bonchev–Trinajstić information content (AvgIpc) is 3.35. The molecule has 0 spiro atoms. The van der Waals surface area contributed by atoms with Crippen LogP contribution in [-0.4, -0.2) is 81.6 Å². The Kier molecular flexibility index (Phi) is 4.31. The van der Waals surface area contributed by atoms with Crippen molar-refractivity contribution in [2.75, 3.05) is 33.8 Å². The van der Waals surface area contributed by atoms with Crippen LogP contribution >= 0.6 is 0 Å². The minimum Gasteiger partial charge on any atom is -0.388 e. The van der Waals surface area contributed by atoms with Crippen LogP contribution in [0.4, 0.5) is 0 Å². The Morgan fingerprint density at radius 2 is 1.67 bits per heavy atom. The summed E-state index contributed by atoms with van der Waals surface area (Å²) in [6.45, 7) is 3.13. The van der Waals surface area contributed by atoms with Gasteiger partial charge in [0.2, 0.25) is 0 Å². The minimum atomic E-state index is -0.591. The van der Waals surface area contributed by atoms with Crippen LogP contribution in [0.2, 0.25) is 0 Å². The molecule has 2 N–H and O–H groups in total. The maximum absolute atomic E-state index is 10.9. The first-order valence-electron chi connectivity index (χ1n) is 10.8. The molecule has 0 aromatic heterocycles. The van der Waals surface area contributed by atoms with Crippen molar-refractivity contribution in [1.29, 1.82) is 0 Å². The van der Waals surface area contributed by atoms with Gasteiger partial charge >= 0.3 is 0 Å². The summed E-state index contributed by atoms with van der Waals surface area (Å²) in [6.07, 6.45) is 4.34. The van der Waals surface area contributed by atoms with Gasteiger partial charge in [0.1, 0.15) is 25.8 Å². The topological polar surface area (TPSA) is 70.8 Å². The molecule has 4 saturated heterocycles. The van der Waals surface area contributed by atoms with E-state index in [0.29, 0.717) is 43.5 Å². The number of aliphatic hydroxyl groups excluding tert-OH is 1. The van der Waals surface area contributed by atoms with E-state index in [1.54, 1.807) is 12.0 Å². The summed E-state index contributed by atoms with van der Waals surface area (Å²) in [7, 11) is 1.74. The molecule has 27 heavy (non-hydrogen) atoms. The predicted molar refractivity (Wildman–Crippen MR) is 92.9 cm³/mol. The van der Waals surface area contributed by atoms with Crippen molar-refractivity contribution in [2.45, 2.75) is 68.3 Å². The van der Waals surface area contributed by atoms with Crippen LogP contribution in [0.1, 0.15) is 25.7 Å². The number of ether oxygens (including phenoxy) is 5. The van der Waals surface area contributed by atoms with Gasteiger partial charge in [0.05, 0.1) is 43.5 Å². The van der Waals surface area contributed by atoms with Crippen LogP contribution in [0.5, 0.6) is 0 Å². The molecular weight excluding hydrogens is 350 g/mol. The Hall–Kier alpha value is -0.280. The van der Waals surface area contributed by atoms with E-state index in [4.69, 9.17) is 23.7 Å². The molecule has 0 aromatic rings. The van der Waals surface area contributed by atoms with Crippen LogP contribution in [0.15, 0.2) is 0 Å². The minimum absolute atomic E-state index is 0.0184. The number of aliphatic hydroxyl groups is 1. The third kappa shape index (κ3) is 2.59. The van der Waals surface area contributed by atoms with Gasteiger partial charge in [-0.2, -0.15) is 0 Å². The van der Waals surface area contributed by atoms with Crippen molar-refractivity contribution in [3.63, 3.8) is 0 Å². The van der Waals surface area contributed by atoms with Gasteiger partial charge in [0.15, 0.2) is 0 Å². The number of hydrogen-bond donors (Lipinski definition) is 2. The second-order valence-electron chi connectivity index (χ2n) is 9.57. The van der Waals surface area contributed by atoms with E-state index >= 15 is 0 Å². The Labute approximate surface area is 160 Å². The molecule has 7 heteroatoms. The number of quaternary nitrogens is 1. The highest BCUT2D eigenvalue weighted by atomic mass is 16.7. The fraction of sp³-hybridized carbons (Fsp3) is 1.00. The summed E-state index contributed by atoms with van der Waals surface area (Å²) >= 11 is 0. The maximum atomic E-state index is 10.9. The highest BCUT2D eigenvalue weighted by Crippen LogP contribution is 2.46. The van der Waals surface area contributed by atoms with E-state index in [-0.39, 0.29) is 24.4 Å². The van der Waals surface area contributed by atoms with E-state index in [1.165, 1.54) is 13.0 Å². The zero-order valence-electron chi connectivity index (χ0n) is 16.0. The lowest BCUT2D eigenvalue weighted by Gasteiger charge is -2.55. The molecule has 4 heterocycles. The highest BCUT2D eigenvalue weighted by Gasteiger charge is 2.60.